The second-order valence-corrected chi connectivity index (χ2v) is 4.08. The van der Waals surface area contributed by atoms with Gasteiger partial charge in [0.25, 0.3) is 0 Å². The molecular weight excluding hydrogens is 228 g/mol. The van der Waals surface area contributed by atoms with Gasteiger partial charge in [-0.1, -0.05) is 11.6 Å². The van der Waals surface area contributed by atoms with Crippen molar-refractivity contribution in [2.24, 2.45) is 0 Å². The fourth-order valence-electron chi connectivity index (χ4n) is 1.08. The highest BCUT2D eigenvalue weighted by molar-refractivity contribution is 6.31. The van der Waals surface area contributed by atoms with Crippen molar-refractivity contribution in [1.82, 2.24) is 0 Å². The molecule has 0 saturated heterocycles. The van der Waals surface area contributed by atoms with Gasteiger partial charge in [0.15, 0.2) is 0 Å². The lowest BCUT2D eigenvalue weighted by molar-refractivity contribution is -0.121. The van der Waals surface area contributed by atoms with E-state index in [-0.39, 0.29) is 18.6 Å². The van der Waals surface area contributed by atoms with Crippen LogP contribution in [0.3, 0.4) is 0 Å². The quantitative estimate of drug-likeness (QED) is 0.797. The largest absolute Gasteiger partial charge is 0.397 e. The van der Waals surface area contributed by atoms with Gasteiger partial charge in [-0.3, -0.25) is 4.79 Å². The van der Waals surface area contributed by atoms with Gasteiger partial charge in [0, 0.05) is 5.02 Å². The zero-order valence-corrected chi connectivity index (χ0v) is 10.0. The SMILES string of the molecule is CC(C)OCC(=O)Nc1ccc(Cl)cc1N. The maximum absolute atomic E-state index is 11.4. The molecule has 0 aromatic heterocycles. The molecule has 5 heteroatoms. The minimum Gasteiger partial charge on any atom is -0.397 e. The highest BCUT2D eigenvalue weighted by Gasteiger charge is 2.06. The molecule has 0 bridgehead atoms. The summed E-state index contributed by atoms with van der Waals surface area (Å²) >= 11 is 5.74. The van der Waals surface area contributed by atoms with Gasteiger partial charge < -0.3 is 15.8 Å². The molecule has 0 saturated carbocycles. The monoisotopic (exact) mass is 242 g/mol. The van der Waals surface area contributed by atoms with Crippen LogP contribution >= 0.6 is 11.6 Å². The first-order valence-corrected chi connectivity index (χ1v) is 5.33. The molecule has 1 aromatic carbocycles. The van der Waals surface area contributed by atoms with Crippen molar-refractivity contribution >= 4 is 28.9 Å². The third kappa shape index (κ3) is 4.08. The maximum atomic E-state index is 11.4. The van der Waals surface area contributed by atoms with Gasteiger partial charge in [0.05, 0.1) is 17.5 Å². The third-order valence-electron chi connectivity index (χ3n) is 1.84. The Morgan fingerprint density at radius 3 is 2.81 bits per heavy atom. The first-order chi connectivity index (χ1) is 7.49. The number of hydrogen-bond acceptors (Lipinski definition) is 3. The molecule has 0 spiro atoms. The van der Waals surface area contributed by atoms with Gasteiger partial charge in [-0.2, -0.15) is 0 Å². The molecule has 1 amide bonds. The number of benzene rings is 1. The number of halogens is 1. The minimum absolute atomic E-state index is 0.0136. The average Bonchev–Trinajstić information content (AvgIpc) is 2.19. The van der Waals surface area contributed by atoms with E-state index in [4.69, 9.17) is 22.1 Å². The van der Waals surface area contributed by atoms with Crippen molar-refractivity contribution < 1.29 is 9.53 Å². The molecule has 0 atom stereocenters. The molecule has 88 valence electrons. The summed E-state index contributed by atoms with van der Waals surface area (Å²) in [6, 6.07) is 4.91. The van der Waals surface area contributed by atoms with E-state index in [0.717, 1.165) is 0 Å². The summed E-state index contributed by atoms with van der Waals surface area (Å²) < 4.78 is 5.16. The van der Waals surface area contributed by atoms with E-state index in [1.54, 1.807) is 18.2 Å². The average molecular weight is 243 g/mol. The molecule has 0 fully saturated rings. The Kier molecular flexibility index (Phi) is 4.58. The Morgan fingerprint density at radius 1 is 1.56 bits per heavy atom. The van der Waals surface area contributed by atoms with Crippen LogP contribution in [0.25, 0.3) is 0 Å². The van der Waals surface area contributed by atoms with Crippen LogP contribution in [0.2, 0.25) is 5.02 Å². The zero-order chi connectivity index (χ0) is 12.1. The fraction of sp³-hybridized carbons (Fsp3) is 0.364. The van der Waals surface area contributed by atoms with Gasteiger partial charge in [-0.05, 0) is 32.0 Å². The van der Waals surface area contributed by atoms with Crippen LogP contribution in [0, 0.1) is 0 Å². The van der Waals surface area contributed by atoms with Gasteiger partial charge in [-0.25, -0.2) is 0 Å². The number of carbonyl (C=O) groups is 1. The molecule has 0 unspecified atom stereocenters. The van der Waals surface area contributed by atoms with E-state index in [0.29, 0.717) is 16.4 Å². The molecule has 1 rings (SSSR count). The predicted octanol–water partition coefficient (Wildman–Crippen LogP) is 2.29. The molecule has 0 heterocycles. The van der Waals surface area contributed by atoms with Gasteiger partial charge in [0.2, 0.25) is 5.91 Å². The van der Waals surface area contributed by atoms with Crippen molar-refractivity contribution in [3.8, 4) is 0 Å². The first-order valence-electron chi connectivity index (χ1n) is 4.95. The number of carbonyl (C=O) groups excluding carboxylic acids is 1. The number of amides is 1. The number of hydrogen-bond donors (Lipinski definition) is 2. The smallest absolute Gasteiger partial charge is 0.250 e. The summed E-state index contributed by atoms with van der Waals surface area (Å²) in [4.78, 5) is 11.4. The highest BCUT2D eigenvalue weighted by atomic mass is 35.5. The second kappa shape index (κ2) is 5.72. The molecule has 16 heavy (non-hydrogen) atoms. The summed E-state index contributed by atoms with van der Waals surface area (Å²) in [5.74, 6) is -0.234. The van der Waals surface area contributed by atoms with Crippen LogP contribution in [-0.4, -0.2) is 18.6 Å². The number of rotatable bonds is 4. The van der Waals surface area contributed by atoms with E-state index < -0.39 is 0 Å². The third-order valence-corrected chi connectivity index (χ3v) is 2.07. The van der Waals surface area contributed by atoms with E-state index in [1.807, 2.05) is 13.8 Å². The predicted molar refractivity (Wildman–Crippen MR) is 65.6 cm³/mol. The molecule has 4 nitrogen and oxygen atoms in total. The van der Waals surface area contributed by atoms with Crippen molar-refractivity contribution in [2.45, 2.75) is 20.0 Å². The van der Waals surface area contributed by atoms with Crippen molar-refractivity contribution in [1.29, 1.82) is 0 Å². The van der Waals surface area contributed by atoms with Crippen molar-refractivity contribution in [3.05, 3.63) is 23.2 Å². The van der Waals surface area contributed by atoms with E-state index in [9.17, 15) is 4.79 Å². The van der Waals surface area contributed by atoms with Crippen LogP contribution in [0.1, 0.15) is 13.8 Å². The van der Waals surface area contributed by atoms with E-state index in [1.165, 1.54) is 0 Å². The van der Waals surface area contributed by atoms with Gasteiger partial charge >= 0.3 is 0 Å². The molecule has 0 aliphatic heterocycles. The standard InChI is InChI=1S/C11H15ClN2O2/c1-7(2)16-6-11(15)14-10-4-3-8(12)5-9(10)13/h3-5,7H,6,13H2,1-2H3,(H,14,15). The number of nitrogens with two attached hydrogens (primary N) is 1. The zero-order valence-electron chi connectivity index (χ0n) is 9.29. The van der Waals surface area contributed by atoms with Crippen LogP contribution in [0.4, 0.5) is 11.4 Å². The Labute approximate surface area is 99.7 Å². The van der Waals surface area contributed by atoms with E-state index >= 15 is 0 Å². The van der Waals surface area contributed by atoms with Gasteiger partial charge in [-0.15, -0.1) is 0 Å². The number of nitrogens with one attached hydrogen (secondary N) is 1. The van der Waals surface area contributed by atoms with Crippen LogP contribution < -0.4 is 11.1 Å². The molecule has 1 aromatic rings. The number of nitrogen functional groups attached to an aromatic ring is 1. The summed E-state index contributed by atoms with van der Waals surface area (Å²) in [5, 5.41) is 3.18. The summed E-state index contributed by atoms with van der Waals surface area (Å²) in [7, 11) is 0. The Bertz CT molecular complexity index is 380. The fourth-order valence-corrected chi connectivity index (χ4v) is 1.26. The highest BCUT2D eigenvalue weighted by Crippen LogP contribution is 2.22. The Hall–Kier alpha value is -1.26. The lowest BCUT2D eigenvalue weighted by Crippen LogP contribution is -2.21. The molecule has 0 radical (unpaired) electrons. The molecule has 0 aliphatic rings. The lowest BCUT2D eigenvalue weighted by Gasteiger charge is -2.10. The maximum Gasteiger partial charge on any atom is 0.250 e. The summed E-state index contributed by atoms with van der Waals surface area (Å²) in [5.41, 5.74) is 6.66. The van der Waals surface area contributed by atoms with Crippen molar-refractivity contribution in [2.75, 3.05) is 17.7 Å². The Morgan fingerprint density at radius 2 is 2.25 bits per heavy atom. The van der Waals surface area contributed by atoms with Crippen LogP contribution in [-0.2, 0) is 9.53 Å². The second-order valence-electron chi connectivity index (χ2n) is 3.64. The summed E-state index contributed by atoms with van der Waals surface area (Å²) in [6.45, 7) is 3.74. The van der Waals surface area contributed by atoms with Gasteiger partial charge in [0.1, 0.15) is 6.61 Å². The normalized spacial score (nSPS) is 10.5. The molecule has 3 N–H and O–H groups in total. The summed E-state index contributed by atoms with van der Waals surface area (Å²) in [6.07, 6.45) is 0.0216. The van der Waals surface area contributed by atoms with Crippen LogP contribution in [0.15, 0.2) is 18.2 Å². The molecular formula is C11H15ClN2O2. The number of anilines is 2. The van der Waals surface area contributed by atoms with E-state index in [2.05, 4.69) is 5.32 Å². The first kappa shape index (κ1) is 12.8. The van der Waals surface area contributed by atoms with Crippen molar-refractivity contribution in [3.63, 3.8) is 0 Å². The Balaban J connectivity index is 2.56. The van der Waals surface area contributed by atoms with Crippen LogP contribution in [0.5, 0.6) is 0 Å². The topological polar surface area (TPSA) is 64.3 Å². The minimum atomic E-state index is -0.234. The lowest BCUT2D eigenvalue weighted by atomic mass is 10.2. The molecule has 0 aliphatic carbocycles. The number of ether oxygens (including phenoxy) is 1.